The van der Waals surface area contributed by atoms with Crippen LogP contribution in [0.5, 0.6) is 0 Å². The molecule has 3 N–H and O–H groups in total. The second-order valence-corrected chi connectivity index (χ2v) is 5.25. The summed E-state index contributed by atoms with van der Waals surface area (Å²) in [7, 11) is 0. The van der Waals surface area contributed by atoms with E-state index in [4.69, 9.17) is 5.73 Å². The summed E-state index contributed by atoms with van der Waals surface area (Å²) in [6.45, 7) is 2.21. The van der Waals surface area contributed by atoms with Gasteiger partial charge in [-0.05, 0) is 6.92 Å². The van der Waals surface area contributed by atoms with Crippen molar-refractivity contribution < 1.29 is 9.59 Å². The lowest BCUT2D eigenvalue weighted by molar-refractivity contribution is 0.0980. The molecular weight excluding hydrogens is 304 g/mol. The fraction of sp³-hybridized carbons (Fsp3) is 0.111. The van der Waals surface area contributed by atoms with E-state index in [1.165, 1.54) is 0 Å². The summed E-state index contributed by atoms with van der Waals surface area (Å²) in [6.07, 6.45) is 0. The van der Waals surface area contributed by atoms with Crippen molar-refractivity contribution in [2.45, 2.75) is 6.92 Å². The normalized spacial score (nSPS) is 12.0. The molecule has 0 radical (unpaired) electrons. The van der Waals surface area contributed by atoms with Gasteiger partial charge in [-0.15, -0.1) is 0 Å². The second-order valence-electron chi connectivity index (χ2n) is 5.25. The van der Waals surface area contributed by atoms with Gasteiger partial charge in [0.25, 0.3) is 0 Å². The zero-order valence-corrected chi connectivity index (χ0v) is 12.8. The summed E-state index contributed by atoms with van der Waals surface area (Å²) in [5.74, 6) is -0.804. The number of nitrogens with two attached hydrogens (primary N) is 1. The van der Waals surface area contributed by atoms with Crippen molar-refractivity contribution in [3.8, 4) is 12.1 Å². The van der Waals surface area contributed by atoms with E-state index in [2.05, 4.69) is 5.32 Å². The van der Waals surface area contributed by atoms with Crippen LogP contribution in [0.25, 0.3) is 0 Å². The molecule has 0 bridgehead atoms. The van der Waals surface area contributed by atoms with Gasteiger partial charge >= 0.3 is 0 Å². The third kappa shape index (κ3) is 1.87. The summed E-state index contributed by atoms with van der Waals surface area (Å²) < 4.78 is 0. The van der Waals surface area contributed by atoms with E-state index >= 15 is 0 Å². The van der Waals surface area contributed by atoms with E-state index in [-0.39, 0.29) is 50.5 Å². The van der Waals surface area contributed by atoms with Crippen LogP contribution >= 0.6 is 0 Å². The first kappa shape index (κ1) is 15.3. The van der Waals surface area contributed by atoms with Crippen molar-refractivity contribution in [1.29, 1.82) is 10.5 Å². The average molecular weight is 316 g/mol. The minimum absolute atomic E-state index is 0.00907. The second kappa shape index (κ2) is 5.53. The summed E-state index contributed by atoms with van der Waals surface area (Å²) >= 11 is 0. The van der Waals surface area contributed by atoms with Crippen LogP contribution in [0, 0.1) is 22.7 Å². The SMILES string of the molecule is CCNc1c(C#N)c(C#N)c(N)c2c1C(=O)c1ccccc1C2=O. The predicted octanol–water partition coefficient (Wildman–Crippen LogP) is 2.22. The first-order chi connectivity index (χ1) is 11.6. The standard InChI is InChI=1S/C18H12N4O2/c1-2-22-16-12(8-20)11(7-19)15(21)13-14(16)18(24)10-6-4-3-5-9(10)17(13)23/h3-6,22H,2,21H2,1H3. The maximum absolute atomic E-state index is 12.9. The van der Waals surface area contributed by atoms with Gasteiger partial charge in [-0.3, -0.25) is 9.59 Å². The van der Waals surface area contributed by atoms with Crippen LogP contribution in [0.3, 0.4) is 0 Å². The molecule has 1 aliphatic carbocycles. The van der Waals surface area contributed by atoms with Crippen molar-refractivity contribution in [3.05, 3.63) is 57.6 Å². The Kier molecular flexibility index (Phi) is 3.52. The topological polar surface area (TPSA) is 120 Å². The summed E-state index contributed by atoms with van der Waals surface area (Å²) in [4.78, 5) is 25.8. The van der Waals surface area contributed by atoms with Crippen LogP contribution in [0.1, 0.15) is 49.9 Å². The quantitative estimate of drug-likeness (QED) is 0.699. The largest absolute Gasteiger partial charge is 0.397 e. The lowest BCUT2D eigenvalue weighted by Crippen LogP contribution is -2.25. The number of hydrogen-bond donors (Lipinski definition) is 2. The van der Waals surface area contributed by atoms with Crippen molar-refractivity contribution in [3.63, 3.8) is 0 Å². The molecule has 6 heteroatoms. The zero-order chi connectivity index (χ0) is 17.4. The Morgan fingerprint density at radius 3 is 2.04 bits per heavy atom. The highest BCUT2D eigenvalue weighted by Crippen LogP contribution is 2.39. The van der Waals surface area contributed by atoms with Crippen molar-refractivity contribution in [2.75, 3.05) is 17.6 Å². The third-order valence-corrected chi connectivity index (χ3v) is 3.99. The van der Waals surface area contributed by atoms with E-state index in [0.29, 0.717) is 6.54 Å². The molecule has 0 aliphatic heterocycles. The molecule has 0 spiro atoms. The maximum Gasteiger partial charge on any atom is 0.196 e. The number of ketones is 2. The predicted molar refractivity (Wildman–Crippen MR) is 87.8 cm³/mol. The number of hydrogen-bond acceptors (Lipinski definition) is 6. The van der Waals surface area contributed by atoms with Crippen LogP contribution in [-0.4, -0.2) is 18.1 Å². The molecule has 0 fully saturated rings. The minimum Gasteiger partial charge on any atom is -0.397 e. The van der Waals surface area contributed by atoms with Crippen LogP contribution in [0.4, 0.5) is 11.4 Å². The number of carbonyl (C=O) groups is 2. The molecule has 1 aliphatic rings. The molecule has 2 aromatic carbocycles. The number of benzene rings is 2. The van der Waals surface area contributed by atoms with Gasteiger partial charge in [0.05, 0.1) is 33.6 Å². The van der Waals surface area contributed by atoms with Gasteiger partial charge in [-0.1, -0.05) is 24.3 Å². The van der Waals surface area contributed by atoms with E-state index in [0.717, 1.165) is 0 Å². The summed E-state index contributed by atoms with van der Waals surface area (Å²) in [5, 5.41) is 21.7. The van der Waals surface area contributed by atoms with E-state index in [1.807, 2.05) is 12.1 Å². The van der Waals surface area contributed by atoms with E-state index in [1.54, 1.807) is 31.2 Å². The van der Waals surface area contributed by atoms with Gasteiger partial charge in [0, 0.05) is 17.7 Å². The van der Waals surface area contributed by atoms with Gasteiger partial charge < -0.3 is 11.1 Å². The molecule has 2 aromatic rings. The van der Waals surface area contributed by atoms with Crippen molar-refractivity contribution >= 4 is 22.9 Å². The molecule has 6 nitrogen and oxygen atoms in total. The van der Waals surface area contributed by atoms with Crippen LogP contribution in [0.2, 0.25) is 0 Å². The highest BCUT2D eigenvalue weighted by atomic mass is 16.1. The number of anilines is 2. The lowest BCUT2D eigenvalue weighted by Gasteiger charge is -2.23. The number of nitrogens with one attached hydrogen (secondary N) is 1. The molecule has 0 saturated heterocycles. The Bertz CT molecular complexity index is 994. The third-order valence-electron chi connectivity index (χ3n) is 3.99. The molecule has 0 heterocycles. The maximum atomic E-state index is 12.9. The van der Waals surface area contributed by atoms with Crippen LogP contribution in [0.15, 0.2) is 24.3 Å². The first-order valence-electron chi connectivity index (χ1n) is 7.28. The smallest absolute Gasteiger partial charge is 0.196 e. The van der Waals surface area contributed by atoms with Gasteiger partial charge in [0.1, 0.15) is 12.1 Å². The summed E-state index contributed by atoms with van der Waals surface area (Å²) in [6, 6.07) is 10.2. The fourth-order valence-electron chi connectivity index (χ4n) is 2.96. The molecule has 24 heavy (non-hydrogen) atoms. The molecule has 0 atom stereocenters. The average Bonchev–Trinajstić information content (AvgIpc) is 2.60. The van der Waals surface area contributed by atoms with Gasteiger partial charge in [0.2, 0.25) is 0 Å². The summed E-state index contributed by atoms with van der Waals surface area (Å²) in [5.41, 5.74) is 6.51. The Morgan fingerprint density at radius 2 is 1.54 bits per heavy atom. The van der Waals surface area contributed by atoms with Gasteiger partial charge in [-0.25, -0.2) is 0 Å². The monoisotopic (exact) mass is 316 g/mol. The molecule has 116 valence electrons. The lowest BCUT2D eigenvalue weighted by atomic mass is 9.80. The molecule has 3 rings (SSSR count). The van der Waals surface area contributed by atoms with Gasteiger partial charge in [-0.2, -0.15) is 10.5 Å². The Morgan fingerprint density at radius 1 is 1.00 bits per heavy atom. The minimum atomic E-state index is -0.419. The number of nitriles is 2. The van der Waals surface area contributed by atoms with E-state index in [9.17, 15) is 20.1 Å². The molecule has 0 saturated carbocycles. The number of fused-ring (bicyclic) bond motifs is 2. The number of rotatable bonds is 2. The highest BCUT2D eigenvalue weighted by molar-refractivity contribution is 6.32. The van der Waals surface area contributed by atoms with Crippen LogP contribution < -0.4 is 11.1 Å². The molecule has 0 amide bonds. The molecule has 0 unspecified atom stereocenters. The highest BCUT2D eigenvalue weighted by Gasteiger charge is 2.36. The van der Waals surface area contributed by atoms with E-state index < -0.39 is 5.78 Å². The van der Waals surface area contributed by atoms with Crippen molar-refractivity contribution in [2.24, 2.45) is 0 Å². The van der Waals surface area contributed by atoms with Crippen molar-refractivity contribution in [1.82, 2.24) is 0 Å². The first-order valence-corrected chi connectivity index (χ1v) is 7.28. The van der Waals surface area contributed by atoms with Gasteiger partial charge in [0.15, 0.2) is 11.6 Å². The molecular formula is C18H12N4O2. The Balaban J connectivity index is 2.49. The molecule has 0 aromatic heterocycles. The fourth-order valence-corrected chi connectivity index (χ4v) is 2.96. The zero-order valence-electron chi connectivity index (χ0n) is 12.8. The van der Waals surface area contributed by atoms with Crippen LogP contribution in [-0.2, 0) is 0 Å². The number of nitrogens with zero attached hydrogens (tertiary/aromatic N) is 2. The number of nitrogen functional groups attached to an aromatic ring is 1. The Hall–Kier alpha value is -3.64. The Labute approximate surface area is 138 Å². The number of carbonyl (C=O) groups excluding carboxylic acids is 2.